The summed E-state index contributed by atoms with van der Waals surface area (Å²) in [5, 5.41) is 0. The molecule has 0 radical (unpaired) electrons. The summed E-state index contributed by atoms with van der Waals surface area (Å²) in [6, 6.07) is 6.13. The lowest BCUT2D eigenvalue weighted by Gasteiger charge is -2.29. The molecule has 6 nitrogen and oxygen atoms in total. The van der Waals surface area contributed by atoms with Crippen LogP contribution >= 0.6 is 0 Å². The molecule has 0 aliphatic heterocycles. The molecule has 0 bridgehead atoms. The van der Waals surface area contributed by atoms with Gasteiger partial charge in [-0.25, -0.2) is 0 Å². The summed E-state index contributed by atoms with van der Waals surface area (Å²) in [7, 11) is 0. The topological polar surface area (TPSA) is 86.7 Å². The van der Waals surface area contributed by atoms with Crippen molar-refractivity contribution >= 4 is 23.5 Å². The molecule has 0 aromatic heterocycles. The van der Waals surface area contributed by atoms with Crippen molar-refractivity contribution in [1.29, 1.82) is 0 Å². The minimum atomic E-state index is -1.43. The number of ketones is 2. The molecule has 0 saturated heterocycles. The standard InChI is InChI=1S/C14H12O6/c1-7(15)19-13-11(17)9-5-3-4-6-10(9)12(18)14(13)20-8(2)16/h3-6,13-14H,1-2H3/t13-,14-/m0/s1. The highest BCUT2D eigenvalue weighted by Gasteiger charge is 2.45. The van der Waals surface area contributed by atoms with Crippen LogP contribution in [0.1, 0.15) is 34.6 Å². The van der Waals surface area contributed by atoms with Crippen molar-refractivity contribution in [2.75, 3.05) is 0 Å². The first-order valence-corrected chi connectivity index (χ1v) is 5.93. The van der Waals surface area contributed by atoms with Crippen LogP contribution in [0.3, 0.4) is 0 Å². The number of fused-ring (bicyclic) bond motifs is 1. The lowest BCUT2D eigenvalue weighted by molar-refractivity contribution is -0.158. The zero-order chi connectivity index (χ0) is 14.9. The Bertz CT molecular complexity index is 550. The first-order chi connectivity index (χ1) is 9.41. The maximum Gasteiger partial charge on any atom is 0.303 e. The zero-order valence-corrected chi connectivity index (χ0v) is 10.9. The van der Waals surface area contributed by atoms with Crippen LogP contribution in [0.5, 0.6) is 0 Å². The highest BCUT2D eigenvalue weighted by atomic mass is 16.6. The van der Waals surface area contributed by atoms with Gasteiger partial charge in [0.05, 0.1) is 0 Å². The highest BCUT2D eigenvalue weighted by molar-refractivity contribution is 6.18. The van der Waals surface area contributed by atoms with Crippen molar-refractivity contribution in [1.82, 2.24) is 0 Å². The molecule has 2 atom stereocenters. The van der Waals surface area contributed by atoms with Gasteiger partial charge in [-0.3, -0.25) is 19.2 Å². The predicted octanol–water partition coefficient (Wildman–Crippen LogP) is 0.929. The van der Waals surface area contributed by atoms with Gasteiger partial charge in [-0.1, -0.05) is 24.3 Å². The lowest BCUT2D eigenvalue weighted by atomic mass is 9.85. The minimum absolute atomic E-state index is 0.159. The number of carbonyl (C=O) groups is 4. The van der Waals surface area contributed by atoms with Gasteiger partial charge >= 0.3 is 11.9 Å². The largest absolute Gasteiger partial charge is 0.450 e. The van der Waals surface area contributed by atoms with Crippen molar-refractivity contribution < 1.29 is 28.7 Å². The normalized spacial score (nSPS) is 21.1. The molecule has 20 heavy (non-hydrogen) atoms. The molecule has 1 aliphatic carbocycles. The molecule has 1 aliphatic rings. The van der Waals surface area contributed by atoms with Crippen LogP contribution < -0.4 is 0 Å². The van der Waals surface area contributed by atoms with Crippen LogP contribution in [0, 0.1) is 0 Å². The molecule has 1 aromatic carbocycles. The summed E-state index contributed by atoms with van der Waals surface area (Å²) in [5.41, 5.74) is 0.319. The van der Waals surface area contributed by atoms with E-state index >= 15 is 0 Å². The molecule has 6 heteroatoms. The van der Waals surface area contributed by atoms with E-state index in [2.05, 4.69) is 0 Å². The van der Waals surface area contributed by atoms with E-state index in [1.165, 1.54) is 12.1 Å². The Balaban J connectivity index is 2.48. The van der Waals surface area contributed by atoms with Crippen LogP contribution in [0.15, 0.2) is 24.3 Å². The quantitative estimate of drug-likeness (QED) is 0.747. The Morgan fingerprint density at radius 3 is 1.50 bits per heavy atom. The van der Waals surface area contributed by atoms with Gasteiger partial charge in [-0.2, -0.15) is 0 Å². The van der Waals surface area contributed by atoms with Gasteiger partial charge in [0.1, 0.15) is 0 Å². The third-order valence-corrected chi connectivity index (χ3v) is 2.84. The fourth-order valence-corrected chi connectivity index (χ4v) is 2.08. The minimum Gasteiger partial charge on any atom is -0.450 e. The second-order valence-electron chi connectivity index (χ2n) is 4.33. The van der Waals surface area contributed by atoms with Crippen LogP contribution in [0.4, 0.5) is 0 Å². The summed E-state index contributed by atoms with van der Waals surface area (Å²) >= 11 is 0. The van der Waals surface area contributed by atoms with Crippen molar-refractivity contribution in [3.63, 3.8) is 0 Å². The summed E-state index contributed by atoms with van der Waals surface area (Å²) in [6.45, 7) is 2.23. The maximum absolute atomic E-state index is 12.3. The monoisotopic (exact) mass is 276 g/mol. The molecular weight excluding hydrogens is 264 g/mol. The second kappa shape index (κ2) is 5.24. The lowest BCUT2D eigenvalue weighted by Crippen LogP contribution is -2.49. The van der Waals surface area contributed by atoms with Gasteiger partial charge in [0.2, 0.25) is 23.8 Å². The third kappa shape index (κ3) is 2.45. The summed E-state index contributed by atoms with van der Waals surface area (Å²) in [5.74, 6) is -2.57. The average molecular weight is 276 g/mol. The van der Waals surface area contributed by atoms with Crippen LogP contribution in [0.2, 0.25) is 0 Å². The van der Waals surface area contributed by atoms with Gasteiger partial charge < -0.3 is 9.47 Å². The van der Waals surface area contributed by atoms with E-state index in [9.17, 15) is 19.2 Å². The molecule has 2 rings (SSSR count). The van der Waals surface area contributed by atoms with E-state index in [0.717, 1.165) is 13.8 Å². The van der Waals surface area contributed by atoms with Crippen molar-refractivity contribution in [2.24, 2.45) is 0 Å². The summed E-state index contributed by atoms with van der Waals surface area (Å²) < 4.78 is 9.72. The van der Waals surface area contributed by atoms with Crippen LogP contribution in [-0.4, -0.2) is 35.7 Å². The first-order valence-electron chi connectivity index (χ1n) is 5.93. The Morgan fingerprint density at radius 2 is 1.20 bits per heavy atom. The van der Waals surface area contributed by atoms with Crippen LogP contribution in [0.25, 0.3) is 0 Å². The Kier molecular flexibility index (Phi) is 3.65. The molecule has 104 valence electrons. The second-order valence-corrected chi connectivity index (χ2v) is 4.33. The predicted molar refractivity (Wildman–Crippen MR) is 66.2 cm³/mol. The molecule has 0 N–H and O–H groups in total. The van der Waals surface area contributed by atoms with Gasteiger partial charge in [0.25, 0.3) is 0 Å². The first kappa shape index (κ1) is 13.9. The van der Waals surface area contributed by atoms with E-state index < -0.39 is 35.7 Å². The Morgan fingerprint density at radius 1 is 0.850 bits per heavy atom. The van der Waals surface area contributed by atoms with Crippen molar-refractivity contribution in [3.8, 4) is 0 Å². The number of carbonyl (C=O) groups excluding carboxylic acids is 4. The number of ether oxygens (including phenoxy) is 2. The van der Waals surface area contributed by atoms with Crippen molar-refractivity contribution in [2.45, 2.75) is 26.1 Å². The molecule has 0 heterocycles. The fraction of sp³-hybridized carbons (Fsp3) is 0.286. The molecule has 1 aromatic rings. The molecule has 0 spiro atoms. The summed E-state index contributed by atoms with van der Waals surface area (Å²) in [6.07, 6.45) is -2.86. The van der Waals surface area contributed by atoms with Crippen molar-refractivity contribution in [3.05, 3.63) is 35.4 Å². The van der Waals surface area contributed by atoms with E-state index in [0.29, 0.717) is 0 Å². The Hall–Kier alpha value is -2.50. The molecule has 0 unspecified atom stereocenters. The molecule has 0 amide bonds. The smallest absolute Gasteiger partial charge is 0.303 e. The van der Waals surface area contributed by atoms with E-state index in [1.807, 2.05) is 0 Å². The zero-order valence-electron chi connectivity index (χ0n) is 10.9. The number of esters is 2. The van der Waals surface area contributed by atoms with Gasteiger partial charge in [-0.15, -0.1) is 0 Å². The number of rotatable bonds is 2. The van der Waals surface area contributed by atoms with E-state index in [1.54, 1.807) is 12.1 Å². The highest BCUT2D eigenvalue weighted by Crippen LogP contribution is 2.26. The molecular formula is C14H12O6. The number of Topliss-reactive ketones (excluding diaryl/α,β-unsaturated/α-hetero) is 2. The number of benzene rings is 1. The van der Waals surface area contributed by atoms with Crippen LogP contribution in [-0.2, 0) is 19.1 Å². The van der Waals surface area contributed by atoms with Gasteiger partial charge in [-0.05, 0) is 0 Å². The van der Waals surface area contributed by atoms with E-state index in [-0.39, 0.29) is 11.1 Å². The van der Waals surface area contributed by atoms with E-state index in [4.69, 9.17) is 9.47 Å². The summed E-state index contributed by atoms with van der Waals surface area (Å²) in [4.78, 5) is 46.7. The maximum atomic E-state index is 12.3. The van der Waals surface area contributed by atoms with Gasteiger partial charge in [0, 0.05) is 25.0 Å². The fourth-order valence-electron chi connectivity index (χ4n) is 2.08. The SMILES string of the molecule is CC(=O)O[C@H]1C(=O)c2ccccc2C(=O)[C@@H]1OC(C)=O. The third-order valence-electron chi connectivity index (χ3n) is 2.84. The molecule has 0 fully saturated rings. The number of hydrogen-bond donors (Lipinski definition) is 0. The number of hydrogen-bond acceptors (Lipinski definition) is 6. The Labute approximate surface area is 114 Å². The van der Waals surface area contributed by atoms with Gasteiger partial charge in [0.15, 0.2) is 0 Å². The average Bonchev–Trinajstić information content (AvgIpc) is 2.39. The molecule has 0 saturated carbocycles.